The first-order valence-corrected chi connectivity index (χ1v) is 4.76. The molecular weight excluding hydrogens is 178 g/mol. The van der Waals surface area contributed by atoms with Gasteiger partial charge >= 0.3 is 0 Å². The molecule has 14 heavy (non-hydrogen) atoms. The molecule has 2 N–H and O–H groups in total. The number of anilines is 2. The lowest BCUT2D eigenvalue weighted by Gasteiger charge is -2.13. The summed E-state index contributed by atoms with van der Waals surface area (Å²) < 4.78 is 5.65. The molecule has 0 unspecified atom stereocenters. The number of pyridine rings is 1. The van der Waals surface area contributed by atoms with Crippen LogP contribution < -0.4 is 15.4 Å². The molecule has 1 aliphatic rings. The van der Waals surface area contributed by atoms with Crippen molar-refractivity contribution >= 4 is 11.6 Å². The summed E-state index contributed by atoms with van der Waals surface area (Å²) in [7, 11) is 3.87. The maximum Gasteiger partial charge on any atom is 0.134 e. The summed E-state index contributed by atoms with van der Waals surface area (Å²) >= 11 is 0. The van der Waals surface area contributed by atoms with Gasteiger partial charge in [-0.25, -0.2) is 4.98 Å². The Balaban J connectivity index is 2.21. The number of nitrogen functional groups attached to an aromatic ring is 1. The van der Waals surface area contributed by atoms with Crippen molar-refractivity contribution in [1.29, 1.82) is 0 Å². The van der Waals surface area contributed by atoms with Crippen molar-refractivity contribution in [3.05, 3.63) is 12.1 Å². The normalized spacial score (nSPS) is 15.3. The Morgan fingerprint density at radius 1 is 1.43 bits per heavy atom. The Hall–Kier alpha value is -1.45. The molecule has 2 rings (SSSR count). The zero-order valence-corrected chi connectivity index (χ0v) is 8.53. The van der Waals surface area contributed by atoms with Crippen molar-refractivity contribution in [3.63, 3.8) is 0 Å². The molecule has 0 spiro atoms. The second-order valence-electron chi connectivity index (χ2n) is 3.80. The van der Waals surface area contributed by atoms with Crippen LogP contribution in [0.5, 0.6) is 5.75 Å². The van der Waals surface area contributed by atoms with Crippen molar-refractivity contribution in [2.75, 3.05) is 24.7 Å². The molecular formula is C10H15N3O. The highest BCUT2D eigenvalue weighted by molar-refractivity contribution is 5.50. The number of ether oxygens (including phenoxy) is 1. The predicted molar refractivity (Wildman–Crippen MR) is 56.6 cm³/mol. The van der Waals surface area contributed by atoms with E-state index in [-0.39, 0.29) is 0 Å². The Bertz CT molecular complexity index is 334. The maximum atomic E-state index is 5.68. The fourth-order valence-corrected chi connectivity index (χ4v) is 1.19. The van der Waals surface area contributed by atoms with Gasteiger partial charge in [0, 0.05) is 26.2 Å². The van der Waals surface area contributed by atoms with E-state index in [0.29, 0.717) is 11.9 Å². The van der Waals surface area contributed by atoms with Crippen molar-refractivity contribution < 1.29 is 4.74 Å². The lowest BCUT2D eigenvalue weighted by Crippen LogP contribution is -2.12. The molecule has 1 aliphatic carbocycles. The minimum atomic E-state index is 0.395. The van der Waals surface area contributed by atoms with Crippen molar-refractivity contribution in [2.24, 2.45) is 0 Å². The molecule has 0 amide bonds. The zero-order valence-electron chi connectivity index (χ0n) is 8.53. The highest BCUT2D eigenvalue weighted by atomic mass is 16.5. The first-order chi connectivity index (χ1) is 6.65. The van der Waals surface area contributed by atoms with E-state index in [1.165, 1.54) is 0 Å². The predicted octanol–water partition coefficient (Wildman–Crippen LogP) is 1.27. The minimum Gasteiger partial charge on any atom is -0.490 e. The lowest BCUT2D eigenvalue weighted by atomic mass is 10.4. The van der Waals surface area contributed by atoms with Crippen LogP contribution in [-0.4, -0.2) is 25.2 Å². The van der Waals surface area contributed by atoms with Crippen LogP contribution in [0.4, 0.5) is 11.6 Å². The summed E-state index contributed by atoms with van der Waals surface area (Å²) in [6.45, 7) is 0. The Kier molecular flexibility index (Phi) is 2.19. The number of hydrogen-bond donors (Lipinski definition) is 1. The van der Waals surface area contributed by atoms with Crippen molar-refractivity contribution in [2.45, 2.75) is 18.9 Å². The fourth-order valence-electron chi connectivity index (χ4n) is 1.19. The van der Waals surface area contributed by atoms with Gasteiger partial charge in [-0.05, 0) is 12.8 Å². The molecule has 4 nitrogen and oxygen atoms in total. The van der Waals surface area contributed by atoms with E-state index in [1.54, 1.807) is 6.07 Å². The summed E-state index contributed by atoms with van der Waals surface area (Å²) in [4.78, 5) is 6.10. The van der Waals surface area contributed by atoms with Crippen LogP contribution in [0.2, 0.25) is 0 Å². The Morgan fingerprint density at radius 3 is 2.71 bits per heavy atom. The molecule has 1 saturated carbocycles. The molecule has 0 atom stereocenters. The van der Waals surface area contributed by atoms with Crippen molar-refractivity contribution in [3.8, 4) is 5.75 Å². The van der Waals surface area contributed by atoms with Crippen LogP contribution in [0.15, 0.2) is 12.1 Å². The third-order valence-corrected chi connectivity index (χ3v) is 2.09. The van der Waals surface area contributed by atoms with E-state index in [4.69, 9.17) is 10.5 Å². The minimum absolute atomic E-state index is 0.395. The third kappa shape index (κ3) is 2.07. The van der Waals surface area contributed by atoms with Crippen LogP contribution in [0.1, 0.15) is 12.8 Å². The van der Waals surface area contributed by atoms with Gasteiger partial charge < -0.3 is 15.4 Å². The topological polar surface area (TPSA) is 51.4 Å². The average Bonchev–Trinajstić information content (AvgIpc) is 2.87. The monoisotopic (exact) mass is 193 g/mol. The molecule has 0 saturated heterocycles. The Labute approximate surface area is 83.7 Å². The fraction of sp³-hybridized carbons (Fsp3) is 0.500. The molecule has 1 heterocycles. The second kappa shape index (κ2) is 3.36. The highest BCUT2D eigenvalue weighted by Gasteiger charge is 2.23. The van der Waals surface area contributed by atoms with Crippen LogP contribution in [0.25, 0.3) is 0 Å². The molecule has 0 radical (unpaired) electrons. The third-order valence-electron chi connectivity index (χ3n) is 2.09. The molecule has 0 aliphatic heterocycles. The van der Waals surface area contributed by atoms with Gasteiger partial charge in [-0.3, -0.25) is 0 Å². The van der Waals surface area contributed by atoms with Crippen LogP contribution >= 0.6 is 0 Å². The number of rotatable bonds is 3. The molecule has 1 aromatic heterocycles. The van der Waals surface area contributed by atoms with E-state index < -0.39 is 0 Å². The lowest BCUT2D eigenvalue weighted by molar-refractivity contribution is 0.303. The van der Waals surface area contributed by atoms with E-state index in [9.17, 15) is 0 Å². The van der Waals surface area contributed by atoms with Crippen molar-refractivity contribution in [1.82, 2.24) is 4.98 Å². The van der Waals surface area contributed by atoms with E-state index in [2.05, 4.69) is 4.98 Å². The van der Waals surface area contributed by atoms with E-state index in [1.807, 2.05) is 25.1 Å². The SMILES string of the molecule is CN(C)c1cc(OC2CC2)cc(N)n1. The molecule has 0 aromatic carbocycles. The number of aromatic nitrogens is 1. The first-order valence-electron chi connectivity index (χ1n) is 4.76. The van der Waals surface area contributed by atoms with Gasteiger partial charge in [0.1, 0.15) is 17.4 Å². The smallest absolute Gasteiger partial charge is 0.134 e. The van der Waals surface area contributed by atoms with Gasteiger partial charge in [0.2, 0.25) is 0 Å². The van der Waals surface area contributed by atoms with Gasteiger partial charge in [-0.2, -0.15) is 0 Å². The first kappa shape index (κ1) is 9.12. The highest BCUT2D eigenvalue weighted by Crippen LogP contribution is 2.29. The zero-order chi connectivity index (χ0) is 10.1. The summed E-state index contributed by atoms with van der Waals surface area (Å²) in [5.74, 6) is 2.16. The van der Waals surface area contributed by atoms with Gasteiger partial charge in [-0.1, -0.05) is 0 Å². The van der Waals surface area contributed by atoms with Gasteiger partial charge in [-0.15, -0.1) is 0 Å². The maximum absolute atomic E-state index is 5.68. The molecule has 0 bridgehead atoms. The summed E-state index contributed by atoms with van der Waals surface area (Å²) in [6, 6.07) is 3.68. The number of nitrogens with two attached hydrogens (primary N) is 1. The van der Waals surface area contributed by atoms with Gasteiger partial charge in [0.15, 0.2) is 0 Å². The van der Waals surface area contributed by atoms with Crippen LogP contribution in [-0.2, 0) is 0 Å². The molecule has 76 valence electrons. The average molecular weight is 193 g/mol. The second-order valence-corrected chi connectivity index (χ2v) is 3.80. The molecule has 1 fully saturated rings. The van der Waals surface area contributed by atoms with Gasteiger partial charge in [0.25, 0.3) is 0 Å². The van der Waals surface area contributed by atoms with Crippen LogP contribution in [0, 0.1) is 0 Å². The van der Waals surface area contributed by atoms with E-state index >= 15 is 0 Å². The van der Waals surface area contributed by atoms with E-state index in [0.717, 1.165) is 24.4 Å². The number of nitrogens with zero attached hydrogens (tertiary/aromatic N) is 2. The summed E-state index contributed by atoms with van der Waals surface area (Å²) in [6.07, 6.45) is 2.70. The molecule has 4 heteroatoms. The largest absolute Gasteiger partial charge is 0.490 e. The van der Waals surface area contributed by atoms with Crippen LogP contribution in [0.3, 0.4) is 0 Å². The van der Waals surface area contributed by atoms with Gasteiger partial charge in [0.05, 0.1) is 6.10 Å². The molecule has 1 aromatic rings. The number of hydrogen-bond acceptors (Lipinski definition) is 4. The standard InChI is InChI=1S/C10H15N3O/c1-13(2)10-6-8(5-9(11)12-10)14-7-3-4-7/h5-7H,3-4H2,1-2H3,(H2,11,12). The summed E-state index contributed by atoms with van der Waals surface area (Å²) in [5, 5.41) is 0. The quantitative estimate of drug-likeness (QED) is 0.785. The summed E-state index contributed by atoms with van der Waals surface area (Å²) in [5.41, 5.74) is 5.68. The Morgan fingerprint density at radius 2 is 2.14 bits per heavy atom.